The first-order valence-electron chi connectivity index (χ1n) is 4.08. The molecule has 0 aliphatic carbocycles. The first kappa shape index (κ1) is 12.2. The number of hydroxylamine groups is 1. The number of aliphatic hydroxyl groups is 1. The number of rotatable bonds is 6. The van der Waals surface area contributed by atoms with Crippen molar-refractivity contribution in [2.75, 3.05) is 13.7 Å². The topological polar surface area (TPSA) is 61.7 Å². The molecule has 0 aliphatic heterocycles. The Kier molecular flexibility index (Phi) is 6.22. The van der Waals surface area contributed by atoms with Gasteiger partial charge in [-0.05, 0) is 18.9 Å². The summed E-state index contributed by atoms with van der Waals surface area (Å²) in [6.07, 6.45) is 2.17. The Morgan fingerprint density at radius 1 is 1.69 bits per heavy atom. The molecule has 0 saturated heterocycles. The zero-order valence-corrected chi connectivity index (χ0v) is 8.08. The van der Waals surface area contributed by atoms with Gasteiger partial charge in [0.05, 0.1) is 7.11 Å². The molecule has 0 fully saturated rings. The molecule has 0 heterocycles. The molecule has 0 aromatic rings. The molecule has 1 atom stereocenters. The quantitative estimate of drug-likeness (QED) is 0.327. The maximum Gasteiger partial charge on any atom is 0.124 e. The van der Waals surface area contributed by atoms with E-state index in [1.165, 1.54) is 7.11 Å². The van der Waals surface area contributed by atoms with Crippen LogP contribution in [0.3, 0.4) is 0 Å². The lowest BCUT2D eigenvalue weighted by Gasteiger charge is -2.12. The zero-order chi connectivity index (χ0) is 10.3. The smallest absolute Gasteiger partial charge is 0.124 e. The van der Waals surface area contributed by atoms with Crippen LogP contribution in [0.5, 0.6) is 0 Å². The number of nitrogens with one attached hydrogen (secondary N) is 1. The van der Waals surface area contributed by atoms with Gasteiger partial charge in [0.2, 0.25) is 0 Å². The third kappa shape index (κ3) is 4.07. The summed E-state index contributed by atoms with van der Waals surface area (Å²) < 4.78 is 4.95. The van der Waals surface area contributed by atoms with Crippen molar-refractivity contribution in [1.29, 1.82) is 0 Å². The Balaban J connectivity index is 4.46. The molecule has 3 N–H and O–H groups in total. The van der Waals surface area contributed by atoms with E-state index < -0.39 is 0 Å². The van der Waals surface area contributed by atoms with Crippen molar-refractivity contribution in [2.24, 2.45) is 0 Å². The molecule has 0 aromatic carbocycles. The van der Waals surface area contributed by atoms with Gasteiger partial charge < -0.3 is 15.1 Å². The van der Waals surface area contributed by atoms with Crippen LogP contribution in [0.1, 0.15) is 13.3 Å². The molecule has 4 heteroatoms. The van der Waals surface area contributed by atoms with Crippen molar-refractivity contribution >= 4 is 0 Å². The van der Waals surface area contributed by atoms with Crippen LogP contribution in [0, 0.1) is 0 Å². The summed E-state index contributed by atoms with van der Waals surface area (Å²) in [5, 5.41) is 17.5. The van der Waals surface area contributed by atoms with E-state index in [9.17, 15) is 0 Å². The predicted octanol–water partition coefficient (Wildman–Crippen LogP) is 0.823. The van der Waals surface area contributed by atoms with Crippen LogP contribution in [0.4, 0.5) is 0 Å². The Bertz CT molecular complexity index is 183. The molecule has 4 nitrogen and oxygen atoms in total. The Hall–Kier alpha value is -0.840. The van der Waals surface area contributed by atoms with Gasteiger partial charge >= 0.3 is 0 Å². The number of aliphatic hydroxyl groups excluding tert-OH is 1. The first-order chi connectivity index (χ1) is 6.19. The second-order valence-electron chi connectivity index (χ2n) is 2.75. The van der Waals surface area contributed by atoms with Crippen molar-refractivity contribution in [1.82, 2.24) is 5.48 Å². The minimum atomic E-state index is -0.157. The summed E-state index contributed by atoms with van der Waals surface area (Å²) in [6, 6.07) is -0.0929. The SMILES string of the molecule is C=CC(CC(C)NO)=C(CO)OC. The highest BCUT2D eigenvalue weighted by molar-refractivity contribution is 5.21. The van der Waals surface area contributed by atoms with Crippen LogP contribution in [0.2, 0.25) is 0 Å². The van der Waals surface area contributed by atoms with E-state index in [2.05, 4.69) is 12.1 Å². The minimum Gasteiger partial charge on any atom is -0.498 e. The van der Waals surface area contributed by atoms with E-state index in [1.54, 1.807) is 6.08 Å². The normalized spacial score (nSPS) is 14.8. The van der Waals surface area contributed by atoms with Gasteiger partial charge in [0.1, 0.15) is 12.4 Å². The van der Waals surface area contributed by atoms with Crippen LogP contribution in [-0.2, 0) is 4.74 Å². The highest BCUT2D eigenvalue weighted by Crippen LogP contribution is 2.12. The second-order valence-corrected chi connectivity index (χ2v) is 2.75. The summed E-state index contributed by atoms with van der Waals surface area (Å²) in [5.41, 5.74) is 2.90. The molecule has 0 rings (SSSR count). The van der Waals surface area contributed by atoms with Gasteiger partial charge in [-0.25, -0.2) is 5.48 Å². The van der Waals surface area contributed by atoms with Crippen molar-refractivity contribution in [3.05, 3.63) is 24.0 Å². The van der Waals surface area contributed by atoms with Crippen LogP contribution in [0.15, 0.2) is 24.0 Å². The van der Waals surface area contributed by atoms with E-state index >= 15 is 0 Å². The number of hydrogen-bond donors (Lipinski definition) is 3. The third-order valence-corrected chi connectivity index (χ3v) is 1.74. The molecule has 0 saturated carbocycles. The average Bonchev–Trinajstić information content (AvgIpc) is 2.17. The van der Waals surface area contributed by atoms with E-state index in [0.717, 1.165) is 5.57 Å². The van der Waals surface area contributed by atoms with Crippen LogP contribution >= 0.6 is 0 Å². The minimum absolute atomic E-state index is 0.0929. The molecule has 0 spiro atoms. The molecule has 0 amide bonds. The summed E-state index contributed by atoms with van der Waals surface area (Å²) >= 11 is 0. The van der Waals surface area contributed by atoms with Crippen molar-refractivity contribution in [3.8, 4) is 0 Å². The number of ether oxygens (including phenoxy) is 1. The number of methoxy groups -OCH3 is 1. The predicted molar refractivity (Wildman–Crippen MR) is 50.3 cm³/mol. The fraction of sp³-hybridized carbons (Fsp3) is 0.556. The second kappa shape index (κ2) is 6.65. The highest BCUT2D eigenvalue weighted by atomic mass is 16.5. The molecule has 0 aliphatic rings. The lowest BCUT2D eigenvalue weighted by molar-refractivity contribution is 0.131. The maximum atomic E-state index is 8.90. The Morgan fingerprint density at radius 3 is 2.62 bits per heavy atom. The lowest BCUT2D eigenvalue weighted by atomic mass is 10.1. The largest absolute Gasteiger partial charge is 0.498 e. The van der Waals surface area contributed by atoms with Crippen molar-refractivity contribution < 1.29 is 15.1 Å². The highest BCUT2D eigenvalue weighted by Gasteiger charge is 2.07. The molecule has 0 aromatic heterocycles. The third-order valence-electron chi connectivity index (χ3n) is 1.74. The first-order valence-corrected chi connectivity index (χ1v) is 4.08. The van der Waals surface area contributed by atoms with E-state index in [-0.39, 0.29) is 12.6 Å². The van der Waals surface area contributed by atoms with Gasteiger partial charge in [-0.15, -0.1) is 0 Å². The Morgan fingerprint density at radius 2 is 2.31 bits per heavy atom. The Labute approximate surface area is 78.5 Å². The molecule has 0 radical (unpaired) electrons. The van der Waals surface area contributed by atoms with Gasteiger partial charge in [0, 0.05) is 6.04 Å². The van der Waals surface area contributed by atoms with Crippen LogP contribution < -0.4 is 5.48 Å². The molecular weight excluding hydrogens is 170 g/mol. The van der Waals surface area contributed by atoms with Crippen LogP contribution in [0.25, 0.3) is 0 Å². The number of hydrogen-bond acceptors (Lipinski definition) is 4. The summed E-state index contributed by atoms with van der Waals surface area (Å²) in [5.74, 6) is 0.483. The van der Waals surface area contributed by atoms with E-state index in [0.29, 0.717) is 12.2 Å². The van der Waals surface area contributed by atoms with Gasteiger partial charge in [0.25, 0.3) is 0 Å². The van der Waals surface area contributed by atoms with Gasteiger partial charge in [-0.1, -0.05) is 12.7 Å². The average molecular weight is 187 g/mol. The van der Waals surface area contributed by atoms with E-state index in [1.807, 2.05) is 6.92 Å². The molecule has 0 bridgehead atoms. The van der Waals surface area contributed by atoms with Crippen molar-refractivity contribution in [3.63, 3.8) is 0 Å². The fourth-order valence-electron chi connectivity index (χ4n) is 0.984. The van der Waals surface area contributed by atoms with Gasteiger partial charge in [-0.3, -0.25) is 0 Å². The molecule has 76 valence electrons. The van der Waals surface area contributed by atoms with Gasteiger partial charge in [-0.2, -0.15) is 0 Å². The standard InChI is InChI=1S/C9H17NO3/c1-4-8(5-7(2)10-12)9(6-11)13-3/h4,7,10-12H,1,5-6H2,2-3H3. The summed E-state index contributed by atoms with van der Waals surface area (Å²) in [4.78, 5) is 0. The van der Waals surface area contributed by atoms with Gasteiger partial charge in [0.15, 0.2) is 0 Å². The summed E-state index contributed by atoms with van der Waals surface area (Å²) in [6.45, 7) is 5.26. The molecular formula is C9H17NO3. The molecule has 1 unspecified atom stereocenters. The zero-order valence-electron chi connectivity index (χ0n) is 8.08. The lowest BCUT2D eigenvalue weighted by Crippen LogP contribution is -2.22. The maximum absolute atomic E-state index is 8.90. The molecule has 13 heavy (non-hydrogen) atoms. The summed E-state index contributed by atoms with van der Waals surface area (Å²) in [7, 11) is 1.49. The van der Waals surface area contributed by atoms with Crippen molar-refractivity contribution in [2.45, 2.75) is 19.4 Å². The van der Waals surface area contributed by atoms with Crippen LogP contribution in [-0.4, -0.2) is 30.1 Å². The number of allylic oxidation sites excluding steroid dienone is 1. The fourth-order valence-corrected chi connectivity index (χ4v) is 0.984. The van der Waals surface area contributed by atoms with E-state index in [4.69, 9.17) is 15.1 Å². The monoisotopic (exact) mass is 187 g/mol.